The van der Waals surface area contributed by atoms with Crippen LogP contribution in [0.1, 0.15) is 44.7 Å². The molecular formula is C15H24N2S. The molecule has 0 aliphatic rings. The summed E-state index contributed by atoms with van der Waals surface area (Å²) in [4.78, 5) is 0.465. The highest BCUT2D eigenvalue weighted by Crippen LogP contribution is 2.20. The Labute approximate surface area is 116 Å². The Hall–Kier alpha value is -1.09. The van der Waals surface area contributed by atoms with Crippen LogP contribution in [-0.2, 0) is 0 Å². The lowest BCUT2D eigenvalue weighted by Crippen LogP contribution is -2.25. The van der Waals surface area contributed by atoms with Crippen LogP contribution in [0, 0.1) is 12.8 Å². The first kappa shape index (κ1) is 15.0. The molecule has 1 unspecified atom stereocenters. The summed E-state index contributed by atoms with van der Waals surface area (Å²) in [6.07, 6.45) is 2.41. The van der Waals surface area contributed by atoms with Crippen molar-refractivity contribution in [2.75, 3.05) is 5.32 Å². The fourth-order valence-corrected chi connectivity index (χ4v) is 2.64. The third-order valence-electron chi connectivity index (χ3n) is 3.64. The molecule has 100 valence electrons. The highest BCUT2D eigenvalue weighted by atomic mass is 32.1. The van der Waals surface area contributed by atoms with Crippen molar-refractivity contribution in [1.82, 2.24) is 0 Å². The van der Waals surface area contributed by atoms with Gasteiger partial charge in [0.1, 0.15) is 4.99 Å². The molecule has 0 aliphatic heterocycles. The standard InChI is InChI=1S/C15H24N2S/c1-5-12(6-2)11(4)17-13-7-8-14(15(16)18)10(3)9-13/h7-9,11-12,17H,5-6H2,1-4H3,(H2,16,18). The molecule has 0 amide bonds. The van der Waals surface area contributed by atoms with Crippen LogP contribution in [-0.4, -0.2) is 11.0 Å². The summed E-state index contributed by atoms with van der Waals surface area (Å²) in [5, 5.41) is 3.57. The second kappa shape index (κ2) is 6.74. The van der Waals surface area contributed by atoms with Gasteiger partial charge >= 0.3 is 0 Å². The summed E-state index contributed by atoms with van der Waals surface area (Å²) >= 11 is 5.02. The monoisotopic (exact) mass is 264 g/mol. The van der Waals surface area contributed by atoms with E-state index in [-0.39, 0.29) is 0 Å². The maximum absolute atomic E-state index is 5.67. The molecule has 0 heterocycles. The molecular weight excluding hydrogens is 240 g/mol. The first-order valence-electron chi connectivity index (χ1n) is 6.66. The third-order valence-corrected chi connectivity index (χ3v) is 3.86. The number of anilines is 1. The number of hydrogen-bond acceptors (Lipinski definition) is 2. The predicted octanol–water partition coefficient (Wildman–Crippen LogP) is 3.87. The summed E-state index contributed by atoms with van der Waals surface area (Å²) in [6, 6.07) is 6.66. The second-order valence-corrected chi connectivity index (χ2v) is 5.34. The van der Waals surface area contributed by atoms with E-state index in [1.165, 1.54) is 12.8 Å². The van der Waals surface area contributed by atoms with Crippen LogP contribution in [0.15, 0.2) is 18.2 Å². The minimum Gasteiger partial charge on any atom is -0.389 e. The molecule has 3 heteroatoms. The molecule has 0 radical (unpaired) electrons. The summed E-state index contributed by atoms with van der Waals surface area (Å²) in [5.41, 5.74) is 8.91. The molecule has 1 atom stereocenters. The molecule has 0 aliphatic carbocycles. The van der Waals surface area contributed by atoms with Crippen molar-refractivity contribution >= 4 is 22.9 Å². The van der Waals surface area contributed by atoms with Gasteiger partial charge in [-0.25, -0.2) is 0 Å². The maximum atomic E-state index is 5.67. The number of nitrogens with two attached hydrogens (primary N) is 1. The number of thiocarbonyl (C=S) groups is 1. The lowest BCUT2D eigenvalue weighted by Gasteiger charge is -2.24. The first-order chi connectivity index (χ1) is 8.49. The molecule has 2 nitrogen and oxygen atoms in total. The summed E-state index contributed by atoms with van der Waals surface area (Å²) in [7, 11) is 0. The van der Waals surface area contributed by atoms with Crippen molar-refractivity contribution in [3.05, 3.63) is 29.3 Å². The Morgan fingerprint density at radius 2 is 1.94 bits per heavy atom. The lowest BCUT2D eigenvalue weighted by molar-refractivity contribution is 0.438. The van der Waals surface area contributed by atoms with Crippen LogP contribution < -0.4 is 11.1 Å². The van der Waals surface area contributed by atoms with E-state index in [1.807, 2.05) is 13.0 Å². The average molecular weight is 264 g/mol. The minimum atomic E-state index is 0.465. The number of rotatable bonds is 6. The Bertz CT molecular complexity index is 411. The summed E-state index contributed by atoms with van der Waals surface area (Å²) < 4.78 is 0. The quantitative estimate of drug-likeness (QED) is 0.766. The topological polar surface area (TPSA) is 38.0 Å². The highest BCUT2D eigenvalue weighted by Gasteiger charge is 2.13. The van der Waals surface area contributed by atoms with Gasteiger partial charge < -0.3 is 11.1 Å². The zero-order valence-electron chi connectivity index (χ0n) is 11.8. The van der Waals surface area contributed by atoms with Gasteiger partial charge in [0.05, 0.1) is 0 Å². The summed E-state index contributed by atoms with van der Waals surface area (Å²) in [6.45, 7) is 8.77. The van der Waals surface area contributed by atoms with Gasteiger partial charge in [-0.15, -0.1) is 0 Å². The van der Waals surface area contributed by atoms with E-state index in [4.69, 9.17) is 18.0 Å². The Morgan fingerprint density at radius 1 is 1.33 bits per heavy atom. The van der Waals surface area contributed by atoms with E-state index in [1.54, 1.807) is 0 Å². The lowest BCUT2D eigenvalue weighted by atomic mass is 9.95. The van der Waals surface area contributed by atoms with Gasteiger partial charge in [0.25, 0.3) is 0 Å². The minimum absolute atomic E-state index is 0.465. The predicted molar refractivity (Wildman–Crippen MR) is 84.2 cm³/mol. The van der Waals surface area contributed by atoms with Crippen molar-refractivity contribution < 1.29 is 0 Å². The number of benzene rings is 1. The van der Waals surface area contributed by atoms with Crippen LogP contribution in [0.25, 0.3) is 0 Å². The fourth-order valence-electron chi connectivity index (χ4n) is 2.41. The average Bonchev–Trinajstić information content (AvgIpc) is 2.30. The SMILES string of the molecule is CCC(CC)C(C)Nc1ccc(C(N)=S)c(C)c1. The van der Waals surface area contributed by atoms with Gasteiger partial charge in [0.15, 0.2) is 0 Å². The van der Waals surface area contributed by atoms with E-state index in [9.17, 15) is 0 Å². The smallest absolute Gasteiger partial charge is 0.104 e. The molecule has 1 aromatic carbocycles. The van der Waals surface area contributed by atoms with E-state index in [0.717, 1.165) is 16.8 Å². The van der Waals surface area contributed by atoms with E-state index in [2.05, 4.69) is 38.2 Å². The maximum Gasteiger partial charge on any atom is 0.104 e. The molecule has 0 fully saturated rings. The van der Waals surface area contributed by atoms with Gasteiger partial charge in [0.2, 0.25) is 0 Å². The number of aryl methyl sites for hydroxylation is 1. The van der Waals surface area contributed by atoms with Gasteiger partial charge in [-0.3, -0.25) is 0 Å². The molecule has 18 heavy (non-hydrogen) atoms. The molecule has 0 bridgehead atoms. The Morgan fingerprint density at radius 3 is 2.39 bits per heavy atom. The van der Waals surface area contributed by atoms with Crippen molar-refractivity contribution in [3.63, 3.8) is 0 Å². The number of hydrogen-bond donors (Lipinski definition) is 2. The van der Waals surface area contributed by atoms with E-state index < -0.39 is 0 Å². The fraction of sp³-hybridized carbons (Fsp3) is 0.533. The number of nitrogens with one attached hydrogen (secondary N) is 1. The third kappa shape index (κ3) is 3.70. The molecule has 0 spiro atoms. The van der Waals surface area contributed by atoms with Crippen LogP contribution in [0.5, 0.6) is 0 Å². The van der Waals surface area contributed by atoms with E-state index in [0.29, 0.717) is 16.9 Å². The van der Waals surface area contributed by atoms with Crippen LogP contribution in [0.3, 0.4) is 0 Å². The molecule has 0 saturated heterocycles. The molecule has 0 saturated carbocycles. The van der Waals surface area contributed by atoms with Crippen molar-refractivity contribution in [3.8, 4) is 0 Å². The zero-order chi connectivity index (χ0) is 13.7. The van der Waals surface area contributed by atoms with Gasteiger partial charge in [-0.2, -0.15) is 0 Å². The van der Waals surface area contributed by atoms with E-state index >= 15 is 0 Å². The largest absolute Gasteiger partial charge is 0.389 e. The molecule has 3 N–H and O–H groups in total. The molecule has 0 aromatic heterocycles. The van der Waals surface area contributed by atoms with Crippen molar-refractivity contribution in [1.29, 1.82) is 0 Å². The normalized spacial score (nSPS) is 12.5. The van der Waals surface area contributed by atoms with Gasteiger partial charge in [-0.05, 0) is 43.5 Å². The second-order valence-electron chi connectivity index (χ2n) is 4.90. The molecule has 1 rings (SSSR count). The highest BCUT2D eigenvalue weighted by molar-refractivity contribution is 7.80. The van der Waals surface area contributed by atoms with Crippen molar-refractivity contribution in [2.24, 2.45) is 11.7 Å². The summed E-state index contributed by atoms with van der Waals surface area (Å²) in [5.74, 6) is 0.709. The van der Waals surface area contributed by atoms with Crippen LogP contribution in [0.4, 0.5) is 5.69 Å². The Balaban J connectivity index is 2.80. The Kier molecular flexibility index (Phi) is 5.60. The molecule has 1 aromatic rings. The van der Waals surface area contributed by atoms with Gasteiger partial charge in [0, 0.05) is 17.3 Å². The zero-order valence-corrected chi connectivity index (χ0v) is 12.6. The van der Waals surface area contributed by atoms with Crippen LogP contribution >= 0.6 is 12.2 Å². The van der Waals surface area contributed by atoms with Gasteiger partial charge in [-0.1, -0.05) is 38.9 Å². The first-order valence-corrected chi connectivity index (χ1v) is 7.07. The van der Waals surface area contributed by atoms with Crippen molar-refractivity contribution in [2.45, 2.75) is 46.6 Å². The van der Waals surface area contributed by atoms with Crippen LogP contribution in [0.2, 0.25) is 0 Å².